The zero-order valence-electron chi connectivity index (χ0n) is 12.2. The Bertz CT molecular complexity index is 641. The van der Waals surface area contributed by atoms with E-state index in [9.17, 15) is 13.2 Å². The fourth-order valence-corrected chi connectivity index (χ4v) is 3.76. The van der Waals surface area contributed by atoms with Crippen LogP contribution in [0.15, 0.2) is 27.6 Å². The van der Waals surface area contributed by atoms with E-state index >= 15 is 0 Å². The van der Waals surface area contributed by atoms with Crippen molar-refractivity contribution in [2.45, 2.75) is 44.2 Å². The van der Waals surface area contributed by atoms with Gasteiger partial charge in [0.25, 0.3) is 0 Å². The molecule has 0 aromatic heterocycles. The number of amides is 1. The summed E-state index contributed by atoms with van der Waals surface area (Å²) in [7, 11) is -3.87. The molecule has 0 radical (unpaired) electrons. The van der Waals surface area contributed by atoms with Crippen molar-refractivity contribution in [2.75, 3.05) is 0 Å². The highest BCUT2D eigenvalue weighted by atomic mass is 79.9. The molecule has 5 nitrogen and oxygen atoms in total. The zero-order chi connectivity index (χ0) is 16.4. The number of hydrogen-bond donors (Lipinski definition) is 2. The molecule has 1 unspecified atom stereocenters. The minimum absolute atomic E-state index is 0.0669. The first-order valence-corrected chi connectivity index (χ1v) is 8.87. The van der Waals surface area contributed by atoms with Gasteiger partial charge in [0.1, 0.15) is 4.90 Å². The molecule has 1 atom stereocenters. The van der Waals surface area contributed by atoms with E-state index in [4.69, 9.17) is 11.6 Å². The van der Waals surface area contributed by atoms with Crippen LogP contribution in [0.25, 0.3) is 0 Å². The molecule has 0 spiro atoms. The minimum Gasteiger partial charge on any atom is -0.350 e. The van der Waals surface area contributed by atoms with Gasteiger partial charge in [-0.1, -0.05) is 27.5 Å². The third kappa shape index (κ3) is 5.58. The number of nitrogens with one attached hydrogen (secondary N) is 2. The van der Waals surface area contributed by atoms with E-state index in [1.807, 2.05) is 20.8 Å². The van der Waals surface area contributed by atoms with Crippen LogP contribution in [0.5, 0.6) is 0 Å². The van der Waals surface area contributed by atoms with Crippen molar-refractivity contribution in [3.8, 4) is 0 Å². The summed E-state index contributed by atoms with van der Waals surface area (Å²) < 4.78 is 27.5. The van der Waals surface area contributed by atoms with Gasteiger partial charge in [0.2, 0.25) is 15.9 Å². The van der Waals surface area contributed by atoms with Crippen LogP contribution in [0.3, 0.4) is 0 Å². The van der Waals surface area contributed by atoms with Crippen LogP contribution in [0.4, 0.5) is 0 Å². The first-order valence-electron chi connectivity index (χ1n) is 6.22. The molecule has 118 valence electrons. The fraction of sp³-hybridized carbons (Fsp3) is 0.462. The number of carbonyl (C=O) groups is 1. The third-order valence-corrected chi connectivity index (χ3v) is 4.92. The molecule has 1 amide bonds. The summed E-state index contributed by atoms with van der Waals surface area (Å²) in [6, 6.07) is 3.52. The Morgan fingerprint density at radius 2 is 1.90 bits per heavy atom. The van der Waals surface area contributed by atoms with Crippen LogP contribution in [0, 0.1) is 0 Å². The molecule has 1 aromatic rings. The monoisotopic (exact) mass is 396 g/mol. The first-order chi connectivity index (χ1) is 9.42. The van der Waals surface area contributed by atoms with Crippen molar-refractivity contribution < 1.29 is 13.2 Å². The molecule has 0 bridgehead atoms. The topological polar surface area (TPSA) is 75.3 Å². The molecule has 1 rings (SSSR count). The highest BCUT2D eigenvalue weighted by Gasteiger charge is 2.26. The Morgan fingerprint density at radius 1 is 1.33 bits per heavy atom. The molecule has 0 saturated heterocycles. The molecular weight excluding hydrogens is 380 g/mol. The van der Waals surface area contributed by atoms with Gasteiger partial charge >= 0.3 is 0 Å². The summed E-state index contributed by atoms with van der Waals surface area (Å²) in [5, 5.41) is 2.79. The standard InChI is InChI=1S/C13H18BrClN2O3S/c1-8(12(18)16-13(2,3)4)17-21(19,20)11-6-5-9(14)7-10(11)15/h5-8,17H,1-4H3,(H,16,18). The molecule has 0 fully saturated rings. The molecular formula is C13H18BrClN2O3S. The molecule has 8 heteroatoms. The quantitative estimate of drug-likeness (QED) is 0.820. The van der Waals surface area contributed by atoms with Gasteiger partial charge in [-0.15, -0.1) is 0 Å². The van der Waals surface area contributed by atoms with Crippen LogP contribution < -0.4 is 10.0 Å². The number of sulfonamides is 1. The number of hydrogen-bond acceptors (Lipinski definition) is 3. The second kappa shape index (κ2) is 6.64. The van der Waals surface area contributed by atoms with Crippen LogP contribution in [0.1, 0.15) is 27.7 Å². The lowest BCUT2D eigenvalue weighted by Crippen LogP contribution is -2.50. The Hall–Kier alpha value is -0.630. The Morgan fingerprint density at radius 3 is 2.38 bits per heavy atom. The Balaban J connectivity index is 2.92. The van der Waals surface area contributed by atoms with Gasteiger partial charge in [0.15, 0.2) is 0 Å². The summed E-state index contributed by atoms with van der Waals surface area (Å²) in [6.45, 7) is 6.93. The molecule has 1 aromatic carbocycles. The minimum atomic E-state index is -3.87. The van der Waals surface area contributed by atoms with Crippen LogP contribution in [0.2, 0.25) is 5.02 Å². The largest absolute Gasteiger partial charge is 0.350 e. The van der Waals surface area contributed by atoms with Crippen molar-refractivity contribution in [3.05, 3.63) is 27.7 Å². The normalized spacial score (nSPS) is 13.8. The molecule has 0 aliphatic heterocycles. The van der Waals surface area contributed by atoms with E-state index in [0.717, 1.165) is 0 Å². The molecule has 0 heterocycles. The number of carbonyl (C=O) groups excluding carboxylic acids is 1. The van der Waals surface area contributed by atoms with E-state index < -0.39 is 27.5 Å². The number of rotatable bonds is 4. The van der Waals surface area contributed by atoms with Crippen molar-refractivity contribution in [3.63, 3.8) is 0 Å². The fourth-order valence-electron chi connectivity index (χ4n) is 1.52. The summed E-state index contributed by atoms with van der Waals surface area (Å²) in [4.78, 5) is 11.9. The molecule has 21 heavy (non-hydrogen) atoms. The Labute approximate surface area is 138 Å². The van der Waals surface area contributed by atoms with Gasteiger partial charge in [-0.05, 0) is 45.9 Å². The third-order valence-electron chi connectivity index (χ3n) is 2.41. The smallest absolute Gasteiger partial charge is 0.242 e. The summed E-state index contributed by atoms with van der Waals surface area (Å²) in [6.07, 6.45) is 0. The van der Waals surface area contributed by atoms with Gasteiger partial charge in [0, 0.05) is 10.0 Å². The maximum absolute atomic E-state index is 12.3. The second-order valence-electron chi connectivity index (χ2n) is 5.66. The number of halogens is 2. The van der Waals surface area contributed by atoms with E-state index in [0.29, 0.717) is 4.47 Å². The SMILES string of the molecule is CC(NS(=O)(=O)c1ccc(Br)cc1Cl)C(=O)NC(C)(C)C. The van der Waals surface area contributed by atoms with Gasteiger partial charge in [0.05, 0.1) is 11.1 Å². The van der Waals surface area contributed by atoms with Gasteiger partial charge in [-0.25, -0.2) is 8.42 Å². The van der Waals surface area contributed by atoms with E-state index in [2.05, 4.69) is 26.0 Å². The highest BCUT2D eigenvalue weighted by molar-refractivity contribution is 9.10. The Kier molecular flexibility index (Phi) is 5.83. The predicted octanol–water partition coefficient (Wildman–Crippen LogP) is 2.68. The van der Waals surface area contributed by atoms with Crippen LogP contribution >= 0.6 is 27.5 Å². The van der Waals surface area contributed by atoms with E-state index in [1.165, 1.54) is 19.1 Å². The highest BCUT2D eigenvalue weighted by Crippen LogP contribution is 2.25. The van der Waals surface area contributed by atoms with Gasteiger partial charge in [-0.2, -0.15) is 4.72 Å². The summed E-state index contributed by atoms with van der Waals surface area (Å²) in [5.41, 5.74) is -0.438. The van der Waals surface area contributed by atoms with Crippen molar-refractivity contribution in [1.82, 2.24) is 10.0 Å². The zero-order valence-corrected chi connectivity index (χ0v) is 15.4. The lowest BCUT2D eigenvalue weighted by molar-refractivity contribution is -0.123. The molecule has 0 aliphatic carbocycles. The summed E-state index contributed by atoms with van der Waals surface area (Å²) >= 11 is 9.14. The van der Waals surface area contributed by atoms with Crippen molar-refractivity contribution in [1.29, 1.82) is 0 Å². The van der Waals surface area contributed by atoms with Crippen molar-refractivity contribution in [2.24, 2.45) is 0 Å². The maximum atomic E-state index is 12.3. The predicted molar refractivity (Wildman–Crippen MR) is 86.8 cm³/mol. The van der Waals surface area contributed by atoms with Crippen LogP contribution in [-0.4, -0.2) is 25.9 Å². The molecule has 0 saturated carbocycles. The number of benzene rings is 1. The molecule has 2 N–H and O–H groups in total. The molecule has 0 aliphatic rings. The van der Waals surface area contributed by atoms with E-state index in [1.54, 1.807) is 6.07 Å². The maximum Gasteiger partial charge on any atom is 0.242 e. The van der Waals surface area contributed by atoms with Gasteiger partial charge in [-0.3, -0.25) is 4.79 Å². The lowest BCUT2D eigenvalue weighted by atomic mass is 10.1. The average molecular weight is 398 g/mol. The van der Waals surface area contributed by atoms with Crippen molar-refractivity contribution >= 4 is 43.5 Å². The summed E-state index contributed by atoms with van der Waals surface area (Å²) in [5.74, 6) is -0.403. The lowest BCUT2D eigenvalue weighted by Gasteiger charge is -2.23. The van der Waals surface area contributed by atoms with Gasteiger partial charge < -0.3 is 5.32 Å². The average Bonchev–Trinajstić information content (AvgIpc) is 2.24. The van der Waals surface area contributed by atoms with E-state index in [-0.39, 0.29) is 9.92 Å². The van der Waals surface area contributed by atoms with Crippen LogP contribution in [-0.2, 0) is 14.8 Å². The second-order valence-corrected chi connectivity index (χ2v) is 8.66. The first kappa shape index (κ1) is 18.4.